The minimum absolute atomic E-state index is 0. The zero-order valence-corrected chi connectivity index (χ0v) is 21.5. The maximum absolute atomic E-state index is 10.3. The van der Waals surface area contributed by atoms with E-state index in [1.807, 2.05) is 12.1 Å². The molecule has 0 atom stereocenters. The van der Waals surface area contributed by atoms with Crippen LogP contribution in [0.4, 0.5) is 0 Å². The monoisotopic (exact) mass is 426 g/mol. The third-order valence-electron chi connectivity index (χ3n) is 5.78. The average molecular weight is 427 g/mol. The zero-order chi connectivity index (χ0) is 21.0. The fourth-order valence-corrected chi connectivity index (χ4v) is 3.91. The van der Waals surface area contributed by atoms with Crippen LogP contribution in [0, 0.1) is 0 Å². The van der Waals surface area contributed by atoms with Crippen LogP contribution in [0.1, 0.15) is 121 Å². The van der Waals surface area contributed by atoms with E-state index < -0.39 is 5.97 Å². The van der Waals surface area contributed by atoms with Gasteiger partial charge in [-0.05, 0) is 43.4 Å². The fraction of sp³-hybridized carbons (Fsp3) is 0.731. The molecule has 1 N–H and O–H groups in total. The molecule has 0 spiro atoms. The van der Waals surface area contributed by atoms with Gasteiger partial charge in [0.05, 0.1) is 0 Å². The van der Waals surface area contributed by atoms with E-state index in [0.29, 0.717) is 5.75 Å². The van der Waals surface area contributed by atoms with Gasteiger partial charge in [0.25, 0.3) is 0 Å². The summed E-state index contributed by atoms with van der Waals surface area (Å²) in [6, 6.07) is 7.61. The summed E-state index contributed by atoms with van der Waals surface area (Å²) in [5, 5.41) is 19.6. The number of benzene rings is 1. The number of phenols is 1. The van der Waals surface area contributed by atoms with Gasteiger partial charge in [0, 0.05) is 5.97 Å². The maximum Gasteiger partial charge on any atom is 1.00 e. The third-order valence-corrected chi connectivity index (χ3v) is 5.78. The number of aromatic hydroxyl groups is 1. The maximum atomic E-state index is 10.3. The molecular formula is C26H43NaO3. The second kappa shape index (κ2) is 21.7. The predicted molar refractivity (Wildman–Crippen MR) is 120 cm³/mol. The van der Waals surface area contributed by atoms with E-state index in [1.165, 1.54) is 102 Å². The number of phenolic OH excluding ortho intramolecular Hbond substituents is 1. The molecule has 30 heavy (non-hydrogen) atoms. The van der Waals surface area contributed by atoms with Gasteiger partial charge < -0.3 is 15.0 Å². The van der Waals surface area contributed by atoms with Gasteiger partial charge >= 0.3 is 29.6 Å². The smallest absolute Gasteiger partial charge is 0.550 e. The van der Waals surface area contributed by atoms with E-state index in [-0.39, 0.29) is 36.0 Å². The zero-order valence-electron chi connectivity index (χ0n) is 19.5. The van der Waals surface area contributed by atoms with Crippen LogP contribution < -0.4 is 34.7 Å². The Hall–Kier alpha value is -0.510. The molecule has 1 aromatic carbocycles. The summed E-state index contributed by atoms with van der Waals surface area (Å²) in [7, 11) is 0. The minimum Gasteiger partial charge on any atom is -0.550 e. The first kappa shape index (κ1) is 29.5. The van der Waals surface area contributed by atoms with Crippen molar-refractivity contribution in [3.63, 3.8) is 0 Å². The van der Waals surface area contributed by atoms with Gasteiger partial charge in [-0.25, -0.2) is 0 Å². The van der Waals surface area contributed by atoms with Crippen LogP contribution in [0.3, 0.4) is 0 Å². The molecule has 0 amide bonds. The molecule has 0 heterocycles. The molecule has 0 fully saturated rings. The first-order valence-corrected chi connectivity index (χ1v) is 12.2. The average Bonchev–Trinajstić information content (AvgIpc) is 2.71. The summed E-state index contributed by atoms with van der Waals surface area (Å²) in [5.41, 5.74) is 1.33. The molecule has 0 aliphatic heterocycles. The summed E-state index contributed by atoms with van der Waals surface area (Å²) in [5.74, 6) is -0.555. The molecule has 1 rings (SSSR count). The number of hydrogen-bond donors (Lipinski definition) is 1. The first-order valence-electron chi connectivity index (χ1n) is 12.2. The number of carbonyl (C=O) groups is 1. The number of unbranched alkanes of at least 4 members (excludes halogenated alkanes) is 16. The van der Waals surface area contributed by atoms with Crippen molar-refractivity contribution in [3.8, 4) is 5.75 Å². The van der Waals surface area contributed by atoms with Crippen molar-refractivity contribution in [1.82, 2.24) is 0 Å². The largest absolute Gasteiger partial charge is 1.00 e. The summed E-state index contributed by atoms with van der Waals surface area (Å²) in [4.78, 5) is 10.3. The van der Waals surface area contributed by atoms with Crippen molar-refractivity contribution in [2.75, 3.05) is 0 Å². The summed E-state index contributed by atoms with van der Waals surface area (Å²) in [6.45, 7) is 0. The van der Waals surface area contributed by atoms with Crippen LogP contribution in [-0.2, 0) is 11.2 Å². The second-order valence-corrected chi connectivity index (χ2v) is 8.55. The Bertz CT molecular complexity index is 502. The van der Waals surface area contributed by atoms with E-state index in [1.54, 1.807) is 12.1 Å². The van der Waals surface area contributed by atoms with E-state index >= 15 is 0 Å². The first-order chi connectivity index (χ1) is 14.2. The molecule has 0 radical (unpaired) electrons. The van der Waals surface area contributed by atoms with Crippen LogP contribution in [0.25, 0.3) is 0 Å². The van der Waals surface area contributed by atoms with Gasteiger partial charge in [-0.3, -0.25) is 0 Å². The molecule has 166 valence electrons. The van der Waals surface area contributed by atoms with Crippen molar-refractivity contribution >= 4 is 5.97 Å². The van der Waals surface area contributed by atoms with Crippen molar-refractivity contribution in [2.45, 2.75) is 122 Å². The quantitative estimate of drug-likeness (QED) is 0.255. The van der Waals surface area contributed by atoms with Crippen molar-refractivity contribution in [1.29, 1.82) is 0 Å². The molecular weight excluding hydrogens is 383 g/mol. The molecule has 1 aromatic rings. The Morgan fingerprint density at radius 3 is 1.30 bits per heavy atom. The van der Waals surface area contributed by atoms with E-state index in [4.69, 9.17) is 0 Å². The summed E-state index contributed by atoms with van der Waals surface area (Å²) < 4.78 is 0. The summed E-state index contributed by atoms with van der Waals surface area (Å²) >= 11 is 0. The summed E-state index contributed by atoms with van der Waals surface area (Å²) in [6.07, 6.45) is 23.2. The van der Waals surface area contributed by atoms with Gasteiger partial charge in [0.1, 0.15) is 5.75 Å². The van der Waals surface area contributed by atoms with E-state index in [2.05, 4.69) is 0 Å². The molecule has 3 nitrogen and oxygen atoms in total. The van der Waals surface area contributed by atoms with E-state index in [9.17, 15) is 15.0 Å². The molecule has 4 heteroatoms. The SMILES string of the molecule is O=C([O-])CCCCCCCCCCCCCCCCCCCc1ccc(O)cc1.[Na+]. The van der Waals surface area contributed by atoms with Crippen molar-refractivity contribution in [2.24, 2.45) is 0 Å². The number of hydrogen-bond acceptors (Lipinski definition) is 3. The molecule has 0 bridgehead atoms. The Morgan fingerprint density at radius 1 is 0.600 bits per heavy atom. The van der Waals surface area contributed by atoms with Gasteiger partial charge in [-0.15, -0.1) is 0 Å². The third kappa shape index (κ3) is 19.5. The standard InChI is InChI=1S/C26H44O3.Na/c27-25-22-20-24(21-23-25)18-16-14-12-10-8-6-4-2-1-3-5-7-9-11-13-15-17-19-26(28)29;/h20-23,27H,1-19H2,(H,28,29);/q;+1/p-1. The van der Waals surface area contributed by atoms with Crippen molar-refractivity contribution in [3.05, 3.63) is 29.8 Å². The van der Waals surface area contributed by atoms with Gasteiger partial charge in [0.15, 0.2) is 0 Å². The van der Waals surface area contributed by atoms with Crippen LogP contribution in [0.2, 0.25) is 0 Å². The van der Waals surface area contributed by atoms with Crippen LogP contribution >= 0.6 is 0 Å². The molecule has 0 saturated heterocycles. The molecule has 0 aromatic heterocycles. The predicted octanol–water partition coefficient (Wildman–Crippen LogP) is 3.71. The van der Waals surface area contributed by atoms with Gasteiger partial charge in [-0.1, -0.05) is 108 Å². The van der Waals surface area contributed by atoms with Crippen LogP contribution in [-0.4, -0.2) is 11.1 Å². The fourth-order valence-electron chi connectivity index (χ4n) is 3.91. The second-order valence-electron chi connectivity index (χ2n) is 8.55. The normalized spacial score (nSPS) is 10.7. The number of aryl methyl sites for hydroxylation is 1. The molecule has 0 aliphatic carbocycles. The number of rotatable bonds is 20. The topological polar surface area (TPSA) is 60.4 Å². The van der Waals surface area contributed by atoms with Crippen LogP contribution in [0.5, 0.6) is 5.75 Å². The number of carbonyl (C=O) groups excluding carboxylic acids is 1. The molecule has 0 aliphatic rings. The van der Waals surface area contributed by atoms with Crippen molar-refractivity contribution < 1.29 is 44.6 Å². The van der Waals surface area contributed by atoms with Gasteiger partial charge in [-0.2, -0.15) is 0 Å². The number of carboxylic acid groups (broad SMARTS) is 1. The number of aliphatic carboxylic acids is 1. The minimum atomic E-state index is -0.910. The Morgan fingerprint density at radius 2 is 0.933 bits per heavy atom. The number of carboxylic acids is 1. The Labute approximate surface area is 207 Å². The molecule has 0 unspecified atom stereocenters. The molecule has 0 saturated carbocycles. The van der Waals surface area contributed by atoms with Gasteiger partial charge in [0.2, 0.25) is 0 Å². The van der Waals surface area contributed by atoms with E-state index in [0.717, 1.165) is 19.3 Å². The van der Waals surface area contributed by atoms with Crippen LogP contribution in [0.15, 0.2) is 24.3 Å². The Balaban J connectivity index is 0.00000841. The Kier molecular flexibility index (Phi) is 21.3.